The molecule has 1 fully saturated rings. The van der Waals surface area contributed by atoms with Crippen molar-refractivity contribution in [3.63, 3.8) is 0 Å². The Morgan fingerprint density at radius 1 is 1.24 bits per heavy atom. The first kappa shape index (κ1) is 17.7. The molecule has 2 heterocycles. The number of nitrogens with one attached hydrogen (secondary N) is 2. The molecule has 2 N–H and O–H groups in total. The predicted octanol–water partition coefficient (Wildman–Crippen LogP) is 3.24. The number of H-pyrrole nitrogens is 1. The number of hydrogen-bond donors (Lipinski definition) is 2. The van der Waals surface area contributed by atoms with Crippen LogP contribution in [0.1, 0.15) is 42.7 Å². The molecule has 3 rings (SSSR count). The van der Waals surface area contributed by atoms with Crippen molar-refractivity contribution in [1.82, 2.24) is 20.4 Å². The number of amides is 1. The van der Waals surface area contributed by atoms with Gasteiger partial charge in [-0.2, -0.15) is 5.10 Å². The highest BCUT2D eigenvalue weighted by Crippen LogP contribution is 2.23. The van der Waals surface area contributed by atoms with Crippen molar-refractivity contribution in [2.75, 3.05) is 19.6 Å². The standard InChI is InChI=1S/C20H28N4O/c1-14(2)17(24-11-7-8-12-24)13-21-20(25)19-15(3)18(22-23-19)16-9-5-4-6-10-16/h4-6,9-10,14,17H,7-8,11-13H2,1-3H3,(H,21,25)(H,22,23)/t17-/m1/s1. The number of carbonyl (C=O) groups excluding carboxylic acids is 1. The highest BCUT2D eigenvalue weighted by atomic mass is 16.1. The molecule has 134 valence electrons. The van der Waals surface area contributed by atoms with E-state index in [0.29, 0.717) is 24.2 Å². The molecule has 1 aliphatic heterocycles. The third-order valence-corrected chi connectivity index (χ3v) is 5.13. The van der Waals surface area contributed by atoms with Crippen LogP contribution in [0.25, 0.3) is 11.3 Å². The van der Waals surface area contributed by atoms with Crippen molar-refractivity contribution < 1.29 is 4.79 Å². The van der Waals surface area contributed by atoms with Crippen LogP contribution in [0.5, 0.6) is 0 Å². The molecule has 25 heavy (non-hydrogen) atoms. The van der Waals surface area contributed by atoms with Crippen LogP contribution in [0.4, 0.5) is 0 Å². The van der Waals surface area contributed by atoms with Gasteiger partial charge < -0.3 is 5.32 Å². The molecule has 5 nitrogen and oxygen atoms in total. The zero-order chi connectivity index (χ0) is 17.8. The van der Waals surface area contributed by atoms with Crippen LogP contribution in [0, 0.1) is 12.8 Å². The molecule has 1 amide bonds. The molecular formula is C20H28N4O. The number of rotatable bonds is 6. The first-order valence-electron chi connectivity index (χ1n) is 9.20. The van der Waals surface area contributed by atoms with Crippen LogP contribution in [-0.4, -0.2) is 46.7 Å². The molecule has 0 unspecified atom stereocenters. The summed E-state index contributed by atoms with van der Waals surface area (Å²) in [6.45, 7) is 9.35. The number of nitrogens with zero attached hydrogens (tertiary/aromatic N) is 2. The molecule has 0 bridgehead atoms. The Kier molecular flexibility index (Phi) is 5.53. The smallest absolute Gasteiger partial charge is 0.269 e. The van der Waals surface area contributed by atoms with Crippen molar-refractivity contribution in [1.29, 1.82) is 0 Å². The van der Waals surface area contributed by atoms with Gasteiger partial charge in [-0.25, -0.2) is 0 Å². The van der Waals surface area contributed by atoms with Gasteiger partial charge in [0, 0.05) is 23.7 Å². The summed E-state index contributed by atoms with van der Waals surface area (Å²) < 4.78 is 0. The van der Waals surface area contributed by atoms with E-state index in [0.717, 1.165) is 29.9 Å². The van der Waals surface area contributed by atoms with E-state index in [1.54, 1.807) is 0 Å². The van der Waals surface area contributed by atoms with E-state index >= 15 is 0 Å². The minimum atomic E-state index is -0.0722. The van der Waals surface area contributed by atoms with Crippen LogP contribution in [-0.2, 0) is 0 Å². The topological polar surface area (TPSA) is 61.0 Å². The number of hydrogen-bond acceptors (Lipinski definition) is 3. The minimum absolute atomic E-state index is 0.0722. The summed E-state index contributed by atoms with van der Waals surface area (Å²) >= 11 is 0. The van der Waals surface area contributed by atoms with Gasteiger partial charge >= 0.3 is 0 Å². The molecule has 1 aromatic carbocycles. The van der Waals surface area contributed by atoms with E-state index in [1.165, 1.54) is 12.8 Å². The molecule has 0 aliphatic carbocycles. The second-order valence-corrected chi connectivity index (χ2v) is 7.20. The van der Waals surface area contributed by atoms with Gasteiger partial charge in [0.05, 0.1) is 5.69 Å². The molecule has 0 spiro atoms. The van der Waals surface area contributed by atoms with Crippen molar-refractivity contribution >= 4 is 5.91 Å². The Morgan fingerprint density at radius 2 is 1.92 bits per heavy atom. The van der Waals surface area contributed by atoms with Gasteiger partial charge in [-0.15, -0.1) is 0 Å². The third kappa shape index (κ3) is 3.93. The maximum atomic E-state index is 12.7. The van der Waals surface area contributed by atoms with Crippen LogP contribution >= 0.6 is 0 Å². The van der Waals surface area contributed by atoms with E-state index in [9.17, 15) is 4.79 Å². The van der Waals surface area contributed by atoms with E-state index in [-0.39, 0.29) is 5.91 Å². The predicted molar refractivity (Wildman–Crippen MR) is 101 cm³/mol. The lowest BCUT2D eigenvalue weighted by Gasteiger charge is -2.30. The Hall–Kier alpha value is -2.14. The zero-order valence-electron chi connectivity index (χ0n) is 15.4. The summed E-state index contributed by atoms with van der Waals surface area (Å²) in [6.07, 6.45) is 2.52. The molecule has 5 heteroatoms. The maximum absolute atomic E-state index is 12.7. The molecule has 2 aromatic rings. The summed E-state index contributed by atoms with van der Waals surface area (Å²) in [6, 6.07) is 10.3. The number of benzene rings is 1. The molecule has 1 aromatic heterocycles. The Labute approximate surface area is 149 Å². The van der Waals surface area contributed by atoms with Gasteiger partial charge in [0.15, 0.2) is 0 Å². The normalized spacial score (nSPS) is 16.3. The second kappa shape index (κ2) is 7.83. The highest BCUT2D eigenvalue weighted by Gasteiger charge is 2.25. The van der Waals surface area contributed by atoms with Crippen LogP contribution in [0.15, 0.2) is 30.3 Å². The number of aromatic nitrogens is 2. The molecule has 0 saturated carbocycles. The van der Waals surface area contributed by atoms with E-state index in [4.69, 9.17) is 0 Å². The first-order valence-corrected chi connectivity index (χ1v) is 9.20. The summed E-state index contributed by atoms with van der Waals surface area (Å²) in [5, 5.41) is 10.4. The van der Waals surface area contributed by atoms with Gasteiger partial charge in [0.2, 0.25) is 0 Å². The van der Waals surface area contributed by atoms with E-state index < -0.39 is 0 Å². The van der Waals surface area contributed by atoms with Crippen LogP contribution in [0.3, 0.4) is 0 Å². The average Bonchev–Trinajstić information content (AvgIpc) is 3.25. The Morgan fingerprint density at radius 3 is 2.56 bits per heavy atom. The van der Waals surface area contributed by atoms with Gasteiger partial charge in [0.25, 0.3) is 5.91 Å². The summed E-state index contributed by atoms with van der Waals surface area (Å²) in [5.41, 5.74) is 3.31. The zero-order valence-corrected chi connectivity index (χ0v) is 15.4. The summed E-state index contributed by atoms with van der Waals surface area (Å²) in [7, 11) is 0. The largest absolute Gasteiger partial charge is 0.349 e. The van der Waals surface area contributed by atoms with Crippen LogP contribution < -0.4 is 5.32 Å². The number of aromatic amines is 1. The monoisotopic (exact) mass is 340 g/mol. The fourth-order valence-electron chi connectivity index (χ4n) is 3.64. The minimum Gasteiger partial charge on any atom is -0.349 e. The van der Waals surface area contributed by atoms with Crippen molar-refractivity contribution in [3.8, 4) is 11.3 Å². The summed E-state index contributed by atoms with van der Waals surface area (Å²) in [5.74, 6) is 0.443. The lowest BCUT2D eigenvalue weighted by atomic mass is 10.0. The maximum Gasteiger partial charge on any atom is 0.269 e. The SMILES string of the molecule is Cc1c(-c2ccccc2)n[nH]c1C(=O)NC[C@H](C(C)C)N1CCCC1. The number of likely N-dealkylation sites (tertiary alicyclic amines) is 1. The van der Waals surface area contributed by atoms with E-state index in [1.807, 2.05) is 37.3 Å². The highest BCUT2D eigenvalue weighted by molar-refractivity contribution is 5.95. The lowest BCUT2D eigenvalue weighted by molar-refractivity contribution is 0.0921. The fourth-order valence-corrected chi connectivity index (χ4v) is 3.64. The second-order valence-electron chi connectivity index (χ2n) is 7.20. The molecule has 1 aliphatic rings. The van der Waals surface area contributed by atoms with Gasteiger partial charge in [-0.3, -0.25) is 14.8 Å². The molecule has 0 radical (unpaired) electrons. The number of carbonyl (C=O) groups is 1. The van der Waals surface area contributed by atoms with E-state index in [2.05, 4.69) is 34.3 Å². The lowest BCUT2D eigenvalue weighted by Crippen LogP contribution is -2.45. The Balaban J connectivity index is 1.68. The fraction of sp³-hybridized carbons (Fsp3) is 0.500. The van der Waals surface area contributed by atoms with Gasteiger partial charge in [-0.1, -0.05) is 44.2 Å². The van der Waals surface area contributed by atoms with Gasteiger partial charge in [-0.05, 0) is 38.8 Å². The van der Waals surface area contributed by atoms with Gasteiger partial charge in [0.1, 0.15) is 5.69 Å². The first-order chi connectivity index (χ1) is 12.1. The average molecular weight is 340 g/mol. The van der Waals surface area contributed by atoms with Crippen molar-refractivity contribution in [2.24, 2.45) is 5.92 Å². The third-order valence-electron chi connectivity index (χ3n) is 5.13. The Bertz CT molecular complexity index is 702. The molecular weight excluding hydrogens is 312 g/mol. The molecule has 1 atom stereocenters. The van der Waals surface area contributed by atoms with Crippen molar-refractivity contribution in [2.45, 2.75) is 39.7 Å². The van der Waals surface area contributed by atoms with Crippen LogP contribution in [0.2, 0.25) is 0 Å². The quantitative estimate of drug-likeness (QED) is 0.849. The summed E-state index contributed by atoms with van der Waals surface area (Å²) in [4.78, 5) is 15.2. The molecule has 1 saturated heterocycles. The van der Waals surface area contributed by atoms with Crippen molar-refractivity contribution in [3.05, 3.63) is 41.6 Å².